The number of rotatable bonds is 2. The van der Waals surface area contributed by atoms with Crippen LogP contribution in [0.25, 0.3) is 0 Å². The van der Waals surface area contributed by atoms with E-state index in [-0.39, 0.29) is 16.9 Å². The van der Waals surface area contributed by atoms with E-state index >= 15 is 0 Å². The van der Waals surface area contributed by atoms with Crippen molar-refractivity contribution in [3.05, 3.63) is 17.6 Å². The van der Waals surface area contributed by atoms with Crippen LogP contribution in [0.5, 0.6) is 0 Å². The number of aliphatic hydroxyl groups is 1. The maximum absolute atomic E-state index is 9.64. The van der Waals surface area contributed by atoms with Crippen molar-refractivity contribution in [3.63, 3.8) is 0 Å². The summed E-state index contributed by atoms with van der Waals surface area (Å²) in [5.41, 5.74) is 1.01. The zero-order chi connectivity index (χ0) is 16.5. The second-order valence-electron chi connectivity index (χ2n) is 8.61. The van der Waals surface area contributed by atoms with Gasteiger partial charge in [-0.1, -0.05) is 41.5 Å². The smallest absolute Gasteiger partial charge is 0.136 e. The van der Waals surface area contributed by atoms with Crippen molar-refractivity contribution in [2.24, 2.45) is 0 Å². The van der Waals surface area contributed by atoms with Gasteiger partial charge in [-0.15, -0.1) is 0 Å². The molecule has 1 aliphatic carbocycles. The number of aromatic nitrogens is 2. The highest BCUT2D eigenvalue weighted by Crippen LogP contribution is 2.28. The normalized spacial score (nSPS) is 23.4. The van der Waals surface area contributed by atoms with Gasteiger partial charge in [0.25, 0.3) is 0 Å². The zero-order valence-electron chi connectivity index (χ0n) is 14.9. The van der Waals surface area contributed by atoms with E-state index in [4.69, 9.17) is 9.97 Å². The van der Waals surface area contributed by atoms with Crippen molar-refractivity contribution in [2.45, 2.75) is 90.2 Å². The molecule has 0 aliphatic heterocycles. The van der Waals surface area contributed by atoms with Crippen LogP contribution in [0, 0.1) is 0 Å². The van der Waals surface area contributed by atoms with Crippen LogP contribution < -0.4 is 5.32 Å². The van der Waals surface area contributed by atoms with Gasteiger partial charge in [0.1, 0.15) is 11.6 Å². The molecule has 0 unspecified atom stereocenters. The molecule has 1 aliphatic rings. The average Bonchev–Trinajstić information content (AvgIpc) is 2.39. The van der Waals surface area contributed by atoms with Gasteiger partial charge in [-0.3, -0.25) is 0 Å². The van der Waals surface area contributed by atoms with Crippen LogP contribution in [0.1, 0.15) is 78.7 Å². The Morgan fingerprint density at radius 1 is 0.955 bits per heavy atom. The lowest BCUT2D eigenvalue weighted by molar-refractivity contribution is 0.126. The SMILES string of the molecule is CC(C)(C)c1cc(NC2CCC(O)CC2)nc(C(C)(C)C)n1. The van der Waals surface area contributed by atoms with Crippen LogP contribution in [0.4, 0.5) is 5.82 Å². The third-order valence-electron chi connectivity index (χ3n) is 4.21. The first-order valence-electron chi connectivity index (χ1n) is 8.40. The molecule has 22 heavy (non-hydrogen) atoms. The predicted molar refractivity (Wildman–Crippen MR) is 91.3 cm³/mol. The molecule has 4 nitrogen and oxygen atoms in total. The molecule has 1 saturated carbocycles. The summed E-state index contributed by atoms with van der Waals surface area (Å²) in [4.78, 5) is 9.54. The third kappa shape index (κ3) is 4.42. The van der Waals surface area contributed by atoms with Crippen LogP contribution in [-0.2, 0) is 10.8 Å². The summed E-state index contributed by atoms with van der Waals surface area (Å²) in [6.45, 7) is 13.0. The first-order chi connectivity index (χ1) is 10.1. The van der Waals surface area contributed by atoms with E-state index in [9.17, 15) is 5.11 Å². The highest BCUT2D eigenvalue weighted by molar-refractivity contribution is 5.40. The molecule has 1 aromatic rings. The van der Waals surface area contributed by atoms with Crippen molar-refractivity contribution < 1.29 is 5.11 Å². The summed E-state index contributed by atoms with van der Waals surface area (Å²) in [5, 5.41) is 13.2. The molecule has 0 aromatic carbocycles. The Hall–Kier alpha value is -1.16. The van der Waals surface area contributed by atoms with Crippen molar-refractivity contribution in [1.29, 1.82) is 0 Å². The number of nitrogens with one attached hydrogen (secondary N) is 1. The van der Waals surface area contributed by atoms with Gasteiger partial charge in [0.15, 0.2) is 0 Å². The summed E-state index contributed by atoms with van der Waals surface area (Å²) < 4.78 is 0. The van der Waals surface area contributed by atoms with E-state index in [1.807, 2.05) is 0 Å². The average molecular weight is 305 g/mol. The first kappa shape index (κ1) is 17.2. The number of hydrogen-bond acceptors (Lipinski definition) is 4. The Kier molecular flexibility index (Phi) is 4.81. The molecule has 1 aromatic heterocycles. The number of nitrogens with zero attached hydrogens (tertiary/aromatic N) is 2. The molecule has 0 radical (unpaired) electrons. The molecule has 0 bridgehead atoms. The second kappa shape index (κ2) is 6.15. The van der Waals surface area contributed by atoms with E-state index in [1.165, 1.54) is 0 Å². The van der Waals surface area contributed by atoms with Crippen molar-refractivity contribution in [3.8, 4) is 0 Å². The lowest BCUT2D eigenvalue weighted by Crippen LogP contribution is -2.30. The largest absolute Gasteiger partial charge is 0.393 e. The minimum atomic E-state index is -0.126. The van der Waals surface area contributed by atoms with Gasteiger partial charge in [-0.2, -0.15) is 0 Å². The zero-order valence-corrected chi connectivity index (χ0v) is 14.9. The monoisotopic (exact) mass is 305 g/mol. The highest BCUT2D eigenvalue weighted by atomic mass is 16.3. The molecule has 0 spiro atoms. The lowest BCUT2D eigenvalue weighted by Gasteiger charge is -2.28. The van der Waals surface area contributed by atoms with Gasteiger partial charge in [-0.25, -0.2) is 9.97 Å². The molecule has 1 fully saturated rings. The van der Waals surface area contributed by atoms with E-state index in [2.05, 4.69) is 52.9 Å². The van der Waals surface area contributed by atoms with Gasteiger partial charge in [0.2, 0.25) is 0 Å². The summed E-state index contributed by atoms with van der Waals surface area (Å²) in [6.07, 6.45) is 3.63. The van der Waals surface area contributed by atoms with E-state index in [0.717, 1.165) is 43.0 Å². The third-order valence-corrected chi connectivity index (χ3v) is 4.21. The summed E-state index contributed by atoms with van der Waals surface area (Å²) in [7, 11) is 0. The molecular weight excluding hydrogens is 274 g/mol. The molecule has 2 N–H and O–H groups in total. The Morgan fingerprint density at radius 2 is 1.55 bits per heavy atom. The molecule has 2 rings (SSSR count). The fraction of sp³-hybridized carbons (Fsp3) is 0.778. The van der Waals surface area contributed by atoms with Crippen molar-refractivity contribution in [2.75, 3.05) is 5.32 Å². The minimum absolute atomic E-state index is 0.00211. The predicted octanol–water partition coefficient (Wildman–Crippen LogP) is 3.79. The second-order valence-corrected chi connectivity index (χ2v) is 8.61. The van der Waals surface area contributed by atoms with E-state index < -0.39 is 0 Å². The number of hydrogen-bond donors (Lipinski definition) is 2. The van der Waals surface area contributed by atoms with Crippen LogP contribution in [-0.4, -0.2) is 27.2 Å². The van der Waals surface area contributed by atoms with Crippen molar-refractivity contribution >= 4 is 5.82 Å². The summed E-state index contributed by atoms with van der Waals surface area (Å²) >= 11 is 0. The van der Waals surface area contributed by atoms with Crippen LogP contribution >= 0.6 is 0 Å². The Bertz CT molecular complexity index is 474. The standard InChI is InChI=1S/C18H31N3O/c1-17(2,3)14-11-15(21-16(20-14)18(4,5)6)19-12-7-9-13(22)10-8-12/h11-13,22H,7-10H2,1-6H3,(H,19,20,21). The van der Waals surface area contributed by atoms with Crippen LogP contribution in [0.15, 0.2) is 6.07 Å². The van der Waals surface area contributed by atoms with Crippen molar-refractivity contribution in [1.82, 2.24) is 9.97 Å². The van der Waals surface area contributed by atoms with Gasteiger partial charge in [0, 0.05) is 22.9 Å². The van der Waals surface area contributed by atoms with Gasteiger partial charge in [-0.05, 0) is 25.7 Å². The maximum atomic E-state index is 9.64. The van der Waals surface area contributed by atoms with E-state index in [0.29, 0.717) is 6.04 Å². The highest BCUT2D eigenvalue weighted by Gasteiger charge is 2.25. The van der Waals surface area contributed by atoms with Gasteiger partial charge < -0.3 is 10.4 Å². The van der Waals surface area contributed by atoms with Gasteiger partial charge in [0.05, 0.1) is 11.8 Å². The van der Waals surface area contributed by atoms with Crippen LogP contribution in [0.3, 0.4) is 0 Å². The Balaban J connectivity index is 2.26. The Morgan fingerprint density at radius 3 is 2.05 bits per heavy atom. The summed E-state index contributed by atoms with van der Waals surface area (Å²) in [5.74, 6) is 1.81. The summed E-state index contributed by atoms with van der Waals surface area (Å²) in [6, 6.07) is 2.49. The molecule has 0 amide bonds. The van der Waals surface area contributed by atoms with Gasteiger partial charge >= 0.3 is 0 Å². The lowest BCUT2D eigenvalue weighted by atomic mass is 9.90. The Labute approximate surface area is 134 Å². The van der Waals surface area contributed by atoms with E-state index in [1.54, 1.807) is 0 Å². The molecule has 4 heteroatoms. The quantitative estimate of drug-likeness (QED) is 0.873. The number of aliphatic hydroxyl groups excluding tert-OH is 1. The molecule has 0 saturated heterocycles. The fourth-order valence-electron chi connectivity index (χ4n) is 2.67. The number of anilines is 1. The molecule has 124 valence electrons. The molecule has 1 heterocycles. The fourth-order valence-corrected chi connectivity index (χ4v) is 2.67. The van der Waals surface area contributed by atoms with Crippen LogP contribution in [0.2, 0.25) is 0 Å². The first-order valence-corrected chi connectivity index (χ1v) is 8.40. The maximum Gasteiger partial charge on any atom is 0.136 e. The topological polar surface area (TPSA) is 58.0 Å². The molecular formula is C18H31N3O. The minimum Gasteiger partial charge on any atom is -0.393 e. The molecule has 0 atom stereocenters.